The van der Waals surface area contributed by atoms with Crippen LogP contribution in [-0.4, -0.2) is 37.4 Å². The van der Waals surface area contributed by atoms with E-state index in [9.17, 15) is 23.1 Å². The maximum atomic E-state index is 13.0. The van der Waals surface area contributed by atoms with Crippen LogP contribution >= 0.6 is 0 Å². The van der Waals surface area contributed by atoms with Crippen molar-refractivity contribution >= 4 is 44.7 Å². The van der Waals surface area contributed by atoms with Crippen molar-refractivity contribution in [3.63, 3.8) is 0 Å². The third-order valence-corrected chi connectivity index (χ3v) is 5.04. The average molecular weight is 442 g/mol. The van der Waals surface area contributed by atoms with Gasteiger partial charge >= 0.3 is 5.97 Å². The molecule has 0 aromatic heterocycles. The van der Waals surface area contributed by atoms with Crippen LogP contribution in [0.5, 0.6) is 0 Å². The van der Waals surface area contributed by atoms with Crippen molar-refractivity contribution < 1.29 is 23.1 Å². The van der Waals surface area contributed by atoms with E-state index in [4.69, 9.17) is 0 Å². The monoisotopic (exact) mass is 442 g/mol. The molecule has 1 amide bonds. The normalized spacial score (nSPS) is 15.2. The summed E-state index contributed by atoms with van der Waals surface area (Å²) in [5, 5.41) is 17.6. The quantitative estimate of drug-likeness (QED) is 0.539. The van der Waals surface area contributed by atoms with Crippen molar-refractivity contribution in [2.24, 2.45) is 5.10 Å². The highest BCUT2D eigenvalue weighted by atomic mass is 32.2. The summed E-state index contributed by atoms with van der Waals surface area (Å²) in [5.41, 5.74) is 2.63. The van der Waals surface area contributed by atoms with E-state index in [1.165, 1.54) is 18.3 Å². The lowest BCUT2D eigenvalue weighted by Gasteiger charge is -2.13. The van der Waals surface area contributed by atoms with Crippen LogP contribution in [0.1, 0.15) is 18.9 Å². The van der Waals surface area contributed by atoms with E-state index < -0.39 is 28.3 Å². The largest absolute Gasteiger partial charge is 0.481 e. The number of anilines is 3. The summed E-state index contributed by atoms with van der Waals surface area (Å²) in [7, 11) is -3.50. The molecule has 0 bridgehead atoms. The summed E-state index contributed by atoms with van der Waals surface area (Å²) in [4.78, 5) is 24.3. The van der Waals surface area contributed by atoms with Crippen LogP contribution in [0.25, 0.3) is 0 Å². The van der Waals surface area contributed by atoms with Gasteiger partial charge in [0.05, 0.1) is 35.3 Å². The zero-order chi connectivity index (χ0) is 22.6. The van der Waals surface area contributed by atoms with Gasteiger partial charge in [0.2, 0.25) is 10.0 Å². The minimum atomic E-state index is -3.50. The van der Waals surface area contributed by atoms with E-state index in [-0.39, 0.29) is 17.0 Å². The number of sulfonamides is 1. The molecule has 3 rings (SSSR count). The van der Waals surface area contributed by atoms with Gasteiger partial charge in [-0.1, -0.05) is 31.2 Å². The smallest absolute Gasteiger partial charge is 0.309 e. The summed E-state index contributed by atoms with van der Waals surface area (Å²) in [5.74, 6) is -1.64. The van der Waals surface area contributed by atoms with E-state index in [2.05, 4.69) is 15.1 Å². The van der Waals surface area contributed by atoms with Gasteiger partial charge in [-0.25, -0.2) is 8.42 Å². The lowest BCUT2D eigenvalue weighted by Crippen LogP contribution is -2.22. The number of aryl methyl sites for hydroxylation is 1. The van der Waals surface area contributed by atoms with E-state index in [0.29, 0.717) is 5.69 Å². The average Bonchev–Trinajstić information content (AvgIpc) is 3.00. The number of hydrazone groups is 1. The maximum Gasteiger partial charge on any atom is 0.309 e. The fourth-order valence-electron chi connectivity index (χ4n) is 3.09. The van der Waals surface area contributed by atoms with Gasteiger partial charge in [-0.15, -0.1) is 0 Å². The van der Waals surface area contributed by atoms with E-state index in [1.807, 2.05) is 31.2 Å². The van der Waals surface area contributed by atoms with Gasteiger partial charge in [0.15, 0.2) is 0 Å². The van der Waals surface area contributed by atoms with Crippen molar-refractivity contribution in [1.82, 2.24) is 0 Å². The molecule has 1 aliphatic rings. The number of carbonyl (C=O) groups is 2. The highest BCUT2D eigenvalue weighted by molar-refractivity contribution is 7.92. The molecule has 0 unspecified atom stereocenters. The van der Waals surface area contributed by atoms with Gasteiger partial charge in [-0.3, -0.25) is 14.3 Å². The minimum Gasteiger partial charge on any atom is -0.481 e. The zero-order valence-electron chi connectivity index (χ0n) is 17.0. The summed E-state index contributed by atoms with van der Waals surface area (Å²) >= 11 is 0. The highest BCUT2D eigenvalue weighted by Gasteiger charge is 2.32. The Balaban J connectivity index is 1.94. The Morgan fingerprint density at radius 3 is 2.61 bits per heavy atom. The number of carboxylic acids is 1. The number of hydrogen-bond acceptors (Lipinski definition) is 6. The number of hydrogen-bond donors (Lipinski definition) is 3. The fraction of sp³-hybridized carbons (Fsp3) is 0.190. The lowest BCUT2D eigenvalue weighted by molar-refractivity contribution is -0.135. The van der Waals surface area contributed by atoms with E-state index in [0.717, 1.165) is 28.9 Å². The number of nitrogens with one attached hydrogen (secondary N) is 2. The first kappa shape index (κ1) is 22.0. The van der Waals surface area contributed by atoms with E-state index >= 15 is 0 Å². The first-order chi connectivity index (χ1) is 14.7. The molecular formula is C21H22N4O5S. The lowest BCUT2D eigenvalue weighted by atomic mass is 10.1. The minimum absolute atomic E-state index is 0.0976. The number of aliphatic carboxylic acids is 1. The molecule has 1 heterocycles. The Kier molecular flexibility index (Phi) is 6.40. The summed E-state index contributed by atoms with van der Waals surface area (Å²) in [6, 6.07) is 13.7. The Morgan fingerprint density at radius 1 is 1.19 bits per heavy atom. The molecule has 0 atom stereocenters. The molecule has 2 aromatic carbocycles. The summed E-state index contributed by atoms with van der Waals surface area (Å²) < 4.78 is 25.3. The number of amides is 1. The summed E-state index contributed by atoms with van der Waals surface area (Å²) in [6.07, 6.45) is 2.82. The Hall–Kier alpha value is -3.66. The van der Waals surface area contributed by atoms with Gasteiger partial charge < -0.3 is 10.4 Å². The molecule has 9 nitrogen and oxygen atoms in total. The predicted octanol–water partition coefficient (Wildman–Crippen LogP) is 2.79. The SMILES string of the molecule is CCc1ccccc1NC=C1C(=O)N(c2cccc(NS(C)(=O)=O)c2)N=C1CC(=O)O. The molecule has 0 radical (unpaired) electrons. The molecule has 0 aliphatic carbocycles. The fourth-order valence-corrected chi connectivity index (χ4v) is 3.64. The van der Waals surface area contributed by atoms with Crippen molar-refractivity contribution in [1.29, 1.82) is 0 Å². The molecule has 1 aliphatic heterocycles. The molecule has 10 heteroatoms. The van der Waals surface area contributed by atoms with E-state index in [1.54, 1.807) is 12.1 Å². The van der Waals surface area contributed by atoms with Crippen LogP contribution in [0.3, 0.4) is 0 Å². The Labute approximate surface area is 180 Å². The van der Waals surface area contributed by atoms with Gasteiger partial charge in [-0.2, -0.15) is 10.1 Å². The Bertz CT molecular complexity index is 1190. The maximum absolute atomic E-state index is 13.0. The second-order valence-electron chi connectivity index (χ2n) is 6.87. The third kappa shape index (κ3) is 5.48. The molecule has 31 heavy (non-hydrogen) atoms. The van der Waals surface area contributed by atoms with Crippen LogP contribution in [0.15, 0.2) is 65.4 Å². The first-order valence-corrected chi connectivity index (χ1v) is 11.3. The van der Waals surface area contributed by atoms with Crippen molar-refractivity contribution in [2.45, 2.75) is 19.8 Å². The number of benzene rings is 2. The van der Waals surface area contributed by atoms with Crippen LogP contribution < -0.4 is 15.0 Å². The van der Waals surface area contributed by atoms with Gasteiger partial charge in [0.25, 0.3) is 5.91 Å². The second kappa shape index (κ2) is 9.00. The third-order valence-electron chi connectivity index (χ3n) is 4.44. The number of nitrogens with zero attached hydrogens (tertiary/aromatic N) is 2. The molecule has 2 aromatic rings. The zero-order valence-corrected chi connectivity index (χ0v) is 17.8. The predicted molar refractivity (Wildman–Crippen MR) is 120 cm³/mol. The van der Waals surface area contributed by atoms with Crippen molar-refractivity contribution in [3.05, 3.63) is 65.9 Å². The number of carboxylic acid groups (broad SMARTS) is 1. The molecule has 0 saturated carbocycles. The van der Waals surface area contributed by atoms with Crippen LogP contribution in [0.2, 0.25) is 0 Å². The van der Waals surface area contributed by atoms with Crippen LogP contribution in [0.4, 0.5) is 17.1 Å². The molecule has 162 valence electrons. The number of carbonyl (C=O) groups excluding carboxylic acids is 1. The topological polar surface area (TPSA) is 128 Å². The molecule has 0 saturated heterocycles. The van der Waals surface area contributed by atoms with Crippen molar-refractivity contribution in [3.8, 4) is 0 Å². The number of para-hydroxylation sites is 1. The van der Waals surface area contributed by atoms with Crippen LogP contribution in [-0.2, 0) is 26.0 Å². The standard InChI is InChI=1S/C21H22N4O5S/c1-3-14-7-4-5-10-18(14)22-13-17-19(12-20(26)27)23-25(21(17)28)16-9-6-8-15(11-16)24-31(2,29)30/h4-11,13,22,24H,3,12H2,1-2H3,(H,26,27). The highest BCUT2D eigenvalue weighted by Crippen LogP contribution is 2.27. The summed E-state index contributed by atoms with van der Waals surface area (Å²) in [6.45, 7) is 2.00. The van der Waals surface area contributed by atoms with Gasteiger partial charge in [0.1, 0.15) is 0 Å². The molecule has 0 spiro atoms. The second-order valence-corrected chi connectivity index (χ2v) is 8.62. The first-order valence-electron chi connectivity index (χ1n) is 9.44. The van der Waals surface area contributed by atoms with Crippen LogP contribution in [0, 0.1) is 0 Å². The molecular weight excluding hydrogens is 420 g/mol. The number of rotatable bonds is 8. The Morgan fingerprint density at radius 2 is 1.94 bits per heavy atom. The van der Waals surface area contributed by atoms with Gasteiger partial charge in [-0.05, 0) is 36.2 Å². The van der Waals surface area contributed by atoms with Gasteiger partial charge in [0, 0.05) is 11.9 Å². The molecule has 0 fully saturated rings. The van der Waals surface area contributed by atoms with Crippen molar-refractivity contribution in [2.75, 3.05) is 21.3 Å². The molecule has 3 N–H and O–H groups in total.